The van der Waals surface area contributed by atoms with Gasteiger partial charge < -0.3 is 13.9 Å². The predicted molar refractivity (Wildman–Crippen MR) is 99.3 cm³/mol. The van der Waals surface area contributed by atoms with Gasteiger partial charge in [-0.15, -0.1) is 0 Å². The fourth-order valence-electron chi connectivity index (χ4n) is 3.46. The lowest BCUT2D eigenvalue weighted by Crippen LogP contribution is -2.27. The van der Waals surface area contributed by atoms with Crippen molar-refractivity contribution in [2.75, 3.05) is 33.4 Å². The van der Waals surface area contributed by atoms with Crippen molar-refractivity contribution >= 4 is 10.0 Å². The summed E-state index contributed by atoms with van der Waals surface area (Å²) in [5.74, 6) is 2.17. The monoisotopic (exact) mass is 392 g/mol. The van der Waals surface area contributed by atoms with Crippen LogP contribution in [0.4, 0.5) is 0 Å². The number of ether oxygens (including phenoxy) is 2. The minimum absolute atomic E-state index is 0.0344. The van der Waals surface area contributed by atoms with E-state index in [4.69, 9.17) is 13.9 Å². The van der Waals surface area contributed by atoms with E-state index in [9.17, 15) is 8.42 Å². The molecule has 0 saturated carbocycles. The highest BCUT2D eigenvalue weighted by molar-refractivity contribution is 7.89. The van der Waals surface area contributed by atoms with Gasteiger partial charge in [-0.2, -0.15) is 4.31 Å². The van der Waals surface area contributed by atoms with Crippen molar-refractivity contribution in [3.63, 3.8) is 0 Å². The number of nitrogens with zero attached hydrogens (tertiary/aromatic N) is 2. The van der Waals surface area contributed by atoms with Crippen molar-refractivity contribution in [2.24, 2.45) is 0 Å². The molecule has 0 amide bonds. The van der Waals surface area contributed by atoms with Gasteiger partial charge in [0, 0.05) is 19.6 Å². The van der Waals surface area contributed by atoms with Crippen molar-refractivity contribution in [2.45, 2.75) is 31.0 Å². The van der Waals surface area contributed by atoms with E-state index < -0.39 is 10.0 Å². The Labute approximate surface area is 159 Å². The van der Waals surface area contributed by atoms with E-state index in [1.54, 1.807) is 12.1 Å². The molecule has 1 fully saturated rings. The van der Waals surface area contributed by atoms with E-state index in [1.165, 1.54) is 4.31 Å². The molecule has 1 aromatic carbocycles. The Hall–Kier alpha value is -2.03. The molecule has 2 aromatic rings. The molecule has 7 nitrogen and oxygen atoms in total. The summed E-state index contributed by atoms with van der Waals surface area (Å²) in [7, 11) is -1.54. The molecule has 2 aliphatic rings. The summed E-state index contributed by atoms with van der Waals surface area (Å²) in [4.78, 5) is 2.07. The maximum absolute atomic E-state index is 12.6. The molecule has 2 aliphatic heterocycles. The van der Waals surface area contributed by atoms with E-state index in [0.717, 1.165) is 29.9 Å². The van der Waals surface area contributed by atoms with Crippen LogP contribution in [0.25, 0.3) is 0 Å². The molecule has 0 radical (unpaired) electrons. The molecule has 1 saturated heterocycles. The molecule has 3 heterocycles. The quantitative estimate of drug-likeness (QED) is 0.752. The topological polar surface area (TPSA) is 72.2 Å². The number of fused-ring (bicyclic) bond motifs is 1. The highest BCUT2D eigenvalue weighted by Gasteiger charge is 2.30. The Morgan fingerprint density at radius 3 is 2.52 bits per heavy atom. The third-order valence-corrected chi connectivity index (χ3v) is 6.55. The zero-order valence-corrected chi connectivity index (χ0v) is 16.2. The lowest BCUT2D eigenvalue weighted by molar-refractivity contribution is 0.171. The first-order valence-electron chi connectivity index (χ1n) is 9.18. The Kier molecular flexibility index (Phi) is 5.12. The zero-order chi connectivity index (χ0) is 18.9. The van der Waals surface area contributed by atoms with Crippen LogP contribution in [-0.2, 0) is 23.1 Å². The summed E-state index contributed by atoms with van der Waals surface area (Å²) in [6.07, 6.45) is 1.82. The maximum Gasteiger partial charge on any atom is 0.276 e. The van der Waals surface area contributed by atoms with Crippen LogP contribution in [0.15, 0.2) is 39.8 Å². The molecule has 27 heavy (non-hydrogen) atoms. The van der Waals surface area contributed by atoms with Crippen LogP contribution >= 0.6 is 0 Å². The SMILES string of the molecule is CN(Cc1ccc2c(c1)OCCO2)Cc1ccc(S(=O)(=O)N2CCCC2)o1. The number of furan rings is 1. The van der Waals surface area contributed by atoms with Gasteiger partial charge >= 0.3 is 0 Å². The Balaban J connectivity index is 1.40. The average Bonchev–Trinajstić information content (AvgIpc) is 3.34. The summed E-state index contributed by atoms with van der Waals surface area (Å²) in [6.45, 7) is 3.49. The smallest absolute Gasteiger partial charge is 0.276 e. The Morgan fingerprint density at radius 1 is 1.00 bits per heavy atom. The van der Waals surface area contributed by atoms with Gasteiger partial charge in [0.15, 0.2) is 11.5 Å². The van der Waals surface area contributed by atoms with Crippen molar-refractivity contribution in [3.8, 4) is 11.5 Å². The van der Waals surface area contributed by atoms with Gasteiger partial charge in [-0.1, -0.05) is 6.07 Å². The third kappa shape index (κ3) is 3.97. The first-order valence-corrected chi connectivity index (χ1v) is 10.6. The van der Waals surface area contributed by atoms with E-state index in [0.29, 0.717) is 45.2 Å². The fraction of sp³-hybridized carbons (Fsp3) is 0.474. The Morgan fingerprint density at radius 2 is 1.74 bits per heavy atom. The summed E-state index contributed by atoms with van der Waals surface area (Å²) in [6, 6.07) is 9.21. The summed E-state index contributed by atoms with van der Waals surface area (Å²) < 4.78 is 43.4. The van der Waals surface area contributed by atoms with Gasteiger partial charge in [0.25, 0.3) is 10.0 Å². The van der Waals surface area contributed by atoms with Gasteiger partial charge in [0.1, 0.15) is 19.0 Å². The van der Waals surface area contributed by atoms with E-state index in [1.807, 2.05) is 25.2 Å². The van der Waals surface area contributed by atoms with Gasteiger partial charge in [0.05, 0.1) is 6.54 Å². The molecule has 4 rings (SSSR count). The van der Waals surface area contributed by atoms with Crippen LogP contribution in [0, 0.1) is 0 Å². The lowest BCUT2D eigenvalue weighted by atomic mass is 10.2. The van der Waals surface area contributed by atoms with E-state index in [2.05, 4.69) is 4.90 Å². The normalized spacial score (nSPS) is 17.6. The fourth-order valence-corrected chi connectivity index (χ4v) is 4.90. The molecular formula is C19H24N2O5S. The largest absolute Gasteiger partial charge is 0.486 e. The summed E-state index contributed by atoms with van der Waals surface area (Å²) in [5, 5.41) is 0.0344. The molecule has 0 atom stereocenters. The minimum Gasteiger partial charge on any atom is -0.486 e. The number of benzene rings is 1. The first kappa shape index (κ1) is 18.3. The van der Waals surface area contributed by atoms with Crippen LogP contribution in [0.5, 0.6) is 11.5 Å². The molecule has 8 heteroatoms. The second-order valence-electron chi connectivity index (χ2n) is 6.98. The van der Waals surface area contributed by atoms with Crippen molar-refractivity contribution in [1.82, 2.24) is 9.21 Å². The number of hydrogen-bond donors (Lipinski definition) is 0. The number of sulfonamides is 1. The van der Waals surface area contributed by atoms with Crippen molar-refractivity contribution < 1.29 is 22.3 Å². The van der Waals surface area contributed by atoms with Gasteiger partial charge in [-0.05, 0) is 49.7 Å². The highest BCUT2D eigenvalue weighted by atomic mass is 32.2. The molecular weight excluding hydrogens is 368 g/mol. The molecule has 1 aromatic heterocycles. The lowest BCUT2D eigenvalue weighted by Gasteiger charge is -2.20. The highest BCUT2D eigenvalue weighted by Crippen LogP contribution is 2.31. The molecule has 0 spiro atoms. The predicted octanol–water partition coefficient (Wildman–Crippen LogP) is 2.47. The zero-order valence-electron chi connectivity index (χ0n) is 15.4. The number of hydrogen-bond acceptors (Lipinski definition) is 6. The minimum atomic E-state index is -3.51. The van der Waals surface area contributed by atoms with Crippen molar-refractivity contribution in [3.05, 3.63) is 41.7 Å². The van der Waals surface area contributed by atoms with Crippen LogP contribution < -0.4 is 9.47 Å². The first-order chi connectivity index (χ1) is 13.0. The van der Waals surface area contributed by atoms with Crippen LogP contribution in [0.3, 0.4) is 0 Å². The van der Waals surface area contributed by atoms with Crippen LogP contribution in [0.2, 0.25) is 0 Å². The third-order valence-electron chi connectivity index (χ3n) is 4.78. The Bertz CT molecular complexity index is 903. The molecule has 0 unspecified atom stereocenters. The van der Waals surface area contributed by atoms with Crippen molar-refractivity contribution in [1.29, 1.82) is 0 Å². The average molecular weight is 392 g/mol. The number of rotatable bonds is 6. The van der Waals surface area contributed by atoms with Gasteiger partial charge in [-0.25, -0.2) is 8.42 Å². The summed E-state index contributed by atoms with van der Waals surface area (Å²) >= 11 is 0. The van der Waals surface area contributed by atoms with Gasteiger partial charge in [-0.3, -0.25) is 4.90 Å². The van der Waals surface area contributed by atoms with E-state index >= 15 is 0 Å². The maximum atomic E-state index is 12.6. The second-order valence-corrected chi connectivity index (χ2v) is 8.85. The van der Waals surface area contributed by atoms with Gasteiger partial charge in [0.2, 0.25) is 5.09 Å². The standard InChI is InChI=1S/C19H24N2O5S/c1-20(13-15-4-6-17-18(12-15)25-11-10-24-17)14-16-5-7-19(26-16)27(22,23)21-8-2-3-9-21/h4-7,12H,2-3,8-11,13-14H2,1H3. The summed E-state index contributed by atoms with van der Waals surface area (Å²) in [5.41, 5.74) is 1.10. The van der Waals surface area contributed by atoms with Crippen LogP contribution in [0.1, 0.15) is 24.2 Å². The van der Waals surface area contributed by atoms with E-state index in [-0.39, 0.29) is 5.09 Å². The molecule has 0 bridgehead atoms. The molecule has 0 N–H and O–H groups in total. The molecule has 0 aliphatic carbocycles. The molecule has 146 valence electrons. The van der Waals surface area contributed by atoms with Crippen LogP contribution in [-0.4, -0.2) is 51.0 Å². The second kappa shape index (κ2) is 7.53.